The summed E-state index contributed by atoms with van der Waals surface area (Å²) in [6, 6.07) is 12.8. The third kappa shape index (κ3) is 4.34. The minimum Gasteiger partial charge on any atom is -0.480 e. The van der Waals surface area contributed by atoms with E-state index in [2.05, 4.69) is 5.32 Å². The van der Waals surface area contributed by atoms with Gasteiger partial charge in [0.2, 0.25) is 0 Å². The molecule has 0 fully saturated rings. The summed E-state index contributed by atoms with van der Waals surface area (Å²) in [5, 5.41) is 11.7. The van der Waals surface area contributed by atoms with Gasteiger partial charge in [0.15, 0.2) is 0 Å². The molecular formula is C20H19N3O4. The fraction of sp³-hybridized carbons (Fsp3) is 0.100. The third-order valence-electron chi connectivity index (χ3n) is 4.14. The number of rotatable bonds is 6. The van der Waals surface area contributed by atoms with E-state index in [1.54, 1.807) is 48.9 Å². The lowest BCUT2D eigenvalue weighted by Gasteiger charge is -2.11. The molecular weight excluding hydrogens is 346 g/mol. The van der Waals surface area contributed by atoms with E-state index in [4.69, 9.17) is 21.0 Å². The highest BCUT2D eigenvalue weighted by atomic mass is 16.4. The second-order valence-corrected chi connectivity index (χ2v) is 6.11. The maximum Gasteiger partial charge on any atom is 0.320 e. The highest BCUT2D eigenvalue weighted by Crippen LogP contribution is 2.28. The van der Waals surface area contributed by atoms with Crippen molar-refractivity contribution in [1.82, 2.24) is 0 Å². The van der Waals surface area contributed by atoms with Crippen molar-refractivity contribution in [3.05, 3.63) is 72.2 Å². The minimum atomic E-state index is -1.07. The molecule has 7 nitrogen and oxygen atoms in total. The van der Waals surface area contributed by atoms with Gasteiger partial charge in [0.25, 0.3) is 5.91 Å². The van der Waals surface area contributed by atoms with Gasteiger partial charge in [-0.25, -0.2) is 0 Å². The van der Waals surface area contributed by atoms with Gasteiger partial charge in [0, 0.05) is 11.1 Å². The first-order valence-electron chi connectivity index (χ1n) is 8.25. The molecule has 6 N–H and O–H groups in total. The number of nitrogen functional groups attached to an aromatic ring is 1. The zero-order valence-electron chi connectivity index (χ0n) is 14.4. The van der Waals surface area contributed by atoms with Crippen molar-refractivity contribution in [2.24, 2.45) is 5.73 Å². The molecule has 0 bridgehead atoms. The van der Waals surface area contributed by atoms with E-state index >= 15 is 0 Å². The SMILES string of the molecule is Nc1ccc(-c2ccoc2)cc1NC(=O)c1ccc(CC(N)C(=O)O)cc1. The molecule has 1 atom stereocenters. The van der Waals surface area contributed by atoms with Crippen LogP contribution in [0.5, 0.6) is 0 Å². The molecule has 7 heteroatoms. The Labute approximate surface area is 155 Å². The number of hydrogen-bond donors (Lipinski definition) is 4. The first-order valence-corrected chi connectivity index (χ1v) is 8.25. The van der Waals surface area contributed by atoms with Crippen molar-refractivity contribution < 1.29 is 19.1 Å². The normalized spacial score (nSPS) is 11.7. The molecule has 1 unspecified atom stereocenters. The second kappa shape index (κ2) is 7.76. The predicted molar refractivity (Wildman–Crippen MR) is 102 cm³/mol. The molecule has 0 aliphatic carbocycles. The number of amides is 1. The van der Waals surface area contributed by atoms with Gasteiger partial charge >= 0.3 is 5.97 Å². The minimum absolute atomic E-state index is 0.191. The van der Waals surface area contributed by atoms with Crippen molar-refractivity contribution in [1.29, 1.82) is 0 Å². The lowest BCUT2D eigenvalue weighted by molar-refractivity contribution is -0.138. The van der Waals surface area contributed by atoms with E-state index in [0.29, 0.717) is 16.9 Å². The van der Waals surface area contributed by atoms with Gasteiger partial charge in [-0.15, -0.1) is 0 Å². The van der Waals surface area contributed by atoms with Gasteiger partial charge in [0.05, 0.1) is 23.9 Å². The van der Waals surface area contributed by atoms with Crippen LogP contribution in [0.1, 0.15) is 15.9 Å². The Bertz CT molecular complexity index is 950. The Morgan fingerprint density at radius 1 is 1.07 bits per heavy atom. The fourth-order valence-corrected chi connectivity index (χ4v) is 2.60. The molecule has 3 rings (SSSR count). The number of carbonyl (C=O) groups is 2. The molecule has 27 heavy (non-hydrogen) atoms. The van der Waals surface area contributed by atoms with E-state index in [9.17, 15) is 9.59 Å². The number of hydrogen-bond acceptors (Lipinski definition) is 5. The Morgan fingerprint density at radius 3 is 2.44 bits per heavy atom. The van der Waals surface area contributed by atoms with Crippen LogP contribution in [0.2, 0.25) is 0 Å². The van der Waals surface area contributed by atoms with Crippen LogP contribution in [-0.4, -0.2) is 23.0 Å². The number of nitrogens with two attached hydrogens (primary N) is 2. The first kappa shape index (κ1) is 18.2. The number of carbonyl (C=O) groups excluding carboxylic acids is 1. The molecule has 1 amide bonds. The summed E-state index contributed by atoms with van der Waals surface area (Å²) < 4.78 is 5.08. The number of furan rings is 1. The van der Waals surface area contributed by atoms with Gasteiger partial charge in [-0.1, -0.05) is 18.2 Å². The zero-order valence-corrected chi connectivity index (χ0v) is 14.4. The molecule has 0 aliphatic rings. The summed E-state index contributed by atoms with van der Waals surface area (Å²) in [6.07, 6.45) is 3.37. The van der Waals surface area contributed by atoms with Crippen LogP contribution >= 0.6 is 0 Å². The third-order valence-corrected chi connectivity index (χ3v) is 4.14. The van der Waals surface area contributed by atoms with Crippen LogP contribution in [0.15, 0.2) is 65.5 Å². The molecule has 1 aromatic heterocycles. The van der Waals surface area contributed by atoms with Crippen molar-refractivity contribution in [3.8, 4) is 11.1 Å². The molecule has 0 saturated carbocycles. The topological polar surface area (TPSA) is 132 Å². The number of aliphatic carboxylic acids is 1. The van der Waals surface area contributed by atoms with Gasteiger partial charge in [-0.2, -0.15) is 0 Å². The maximum absolute atomic E-state index is 12.5. The van der Waals surface area contributed by atoms with Gasteiger partial charge < -0.3 is 26.3 Å². The largest absolute Gasteiger partial charge is 0.480 e. The summed E-state index contributed by atoms with van der Waals surface area (Å²) >= 11 is 0. The molecule has 0 spiro atoms. The number of carboxylic acids is 1. The average molecular weight is 365 g/mol. The summed E-state index contributed by atoms with van der Waals surface area (Å²) in [5.41, 5.74) is 15.3. The van der Waals surface area contributed by atoms with Crippen molar-refractivity contribution in [2.75, 3.05) is 11.1 Å². The number of benzene rings is 2. The van der Waals surface area contributed by atoms with E-state index < -0.39 is 12.0 Å². The monoisotopic (exact) mass is 365 g/mol. The summed E-state index contributed by atoms with van der Waals surface area (Å²) in [5.74, 6) is -1.38. The second-order valence-electron chi connectivity index (χ2n) is 6.11. The molecule has 0 aliphatic heterocycles. The number of anilines is 2. The van der Waals surface area contributed by atoms with E-state index in [0.717, 1.165) is 16.7 Å². The first-order chi connectivity index (χ1) is 12.9. The summed E-state index contributed by atoms with van der Waals surface area (Å²) in [7, 11) is 0. The molecule has 0 radical (unpaired) electrons. The van der Waals surface area contributed by atoms with E-state index in [-0.39, 0.29) is 12.3 Å². The van der Waals surface area contributed by atoms with Crippen LogP contribution in [0.25, 0.3) is 11.1 Å². The van der Waals surface area contributed by atoms with Crippen molar-refractivity contribution >= 4 is 23.3 Å². The molecule has 138 valence electrons. The molecule has 1 heterocycles. The highest BCUT2D eigenvalue weighted by Gasteiger charge is 2.13. The van der Waals surface area contributed by atoms with Crippen molar-refractivity contribution in [3.63, 3.8) is 0 Å². The van der Waals surface area contributed by atoms with Crippen LogP contribution in [0, 0.1) is 0 Å². The fourth-order valence-electron chi connectivity index (χ4n) is 2.60. The average Bonchev–Trinajstić information content (AvgIpc) is 3.18. The summed E-state index contributed by atoms with van der Waals surface area (Å²) in [6.45, 7) is 0. The highest BCUT2D eigenvalue weighted by molar-refractivity contribution is 6.06. The van der Waals surface area contributed by atoms with Gasteiger partial charge in [-0.05, 0) is 47.9 Å². The van der Waals surface area contributed by atoms with Crippen LogP contribution < -0.4 is 16.8 Å². The molecule has 2 aromatic carbocycles. The predicted octanol–water partition coefficient (Wildman–Crippen LogP) is 2.74. The molecule has 3 aromatic rings. The quantitative estimate of drug-likeness (QED) is 0.497. The Balaban J connectivity index is 1.74. The van der Waals surface area contributed by atoms with Crippen LogP contribution in [-0.2, 0) is 11.2 Å². The van der Waals surface area contributed by atoms with Crippen LogP contribution in [0.4, 0.5) is 11.4 Å². The molecule has 0 saturated heterocycles. The van der Waals surface area contributed by atoms with Crippen molar-refractivity contribution in [2.45, 2.75) is 12.5 Å². The number of carboxylic acid groups (broad SMARTS) is 1. The van der Waals surface area contributed by atoms with Gasteiger partial charge in [0.1, 0.15) is 6.04 Å². The van der Waals surface area contributed by atoms with E-state index in [1.807, 2.05) is 12.1 Å². The van der Waals surface area contributed by atoms with Crippen LogP contribution in [0.3, 0.4) is 0 Å². The standard InChI is InChI=1S/C20H19N3O4/c21-16-6-5-14(15-7-8-27-11-15)10-18(16)23-19(24)13-3-1-12(2-4-13)9-17(22)20(25)26/h1-8,10-11,17H,9,21-22H2,(H,23,24)(H,25,26). The maximum atomic E-state index is 12.5. The smallest absolute Gasteiger partial charge is 0.320 e. The number of nitrogens with one attached hydrogen (secondary N) is 1. The van der Waals surface area contributed by atoms with E-state index in [1.165, 1.54) is 0 Å². The lowest BCUT2D eigenvalue weighted by atomic mass is 10.0. The zero-order chi connectivity index (χ0) is 19.4. The van der Waals surface area contributed by atoms with Gasteiger partial charge in [-0.3, -0.25) is 9.59 Å². The summed E-state index contributed by atoms with van der Waals surface area (Å²) in [4.78, 5) is 23.3. The Morgan fingerprint density at radius 2 is 1.81 bits per heavy atom. The Hall–Kier alpha value is -3.58. The Kier molecular flexibility index (Phi) is 5.23. The lowest BCUT2D eigenvalue weighted by Crippen LogP contribution is -2.32.